The highest BCUT2D eigenvalue weighted by molar-refractivity contribution is 7.17. The molecule has 1 amide bonds. The van der Waals surface area contributed by atoms with Crippen molar-refractivity contribution in [1.82, 2.24) is 10.1 Å². The minimum atomic E-state index is -4.60. The number of carbonyl (C=O) groups excluding carboxylic acids is 1. The Morgan fingerprint density at radius 3 is 2.76 bits per heavy atom. The first-order valence-corrected chi connectivity index (χ1v) is 8.61. The molecule has 136 valence electrons. The SMILES string of the molecule is Cc1c(-c2ccc(C(=O)N3CC[C@H](O)[C@@H](C)C3)s2)noc1C(F)(F)F. The van der Waals surface area contributed by atoms with Gasteiger partial charge in [0, 0.05) is 18.7 Å². The minimum Gasteiger partial charge on any atom is -0.393 e. The number of nitrogens with zero attached hydrogens (tertiary/aromatic N) is 2. The molecule has 1 N–H and O–H groups in total. The molecule has 1 aliphatic rings. The van der Waals surface area contributed by atoms with Crippen molar-refractivity contribution in [3.8, 4) is 10.6 Å². The fourth-order valence-electron chi connectivity index (χ4n) is 2.88. The van der Waals surface area contributed by atoms with Crippen molar-refractivity contribution in [2.45, 2.75) is 32.5 Å². The zero-order valence-electron chi connectivity index (χ0n) is 13.6. The summed E-state index contributed by atoms with van der Waals surface area (Å²) < 4.78 is 42.9. The van der Waals surface area contributed by atoms with Crippen molar-refractivity contribution in [3.63, 3.8) is 0 Å². The van der Waals surface area contributed by atoms with Crippen molar-refractivity contribution in [3.05, 3.63) is 28.3 Å². The Balaban J connectivity index is 1.81. The number of aromatic nitrogens is 1. The van der Waals surface area contributed by atoms with Crippen LogP contribution in [0.2, 0.25) is 0 Å². The van der Waals surface area contributed by atoms with Gasteiger partial charge in [0.1, 0.15) is 5.69 Å². The molecule has 1 saturated heterocycles. The summed E-state index contributed by atoms with van der Waals surface area (Å²) in [7, 11) is 0. The Morgan fingerprint density at radius 1 is 1.44 bits per heavy atom. The molecular formula is C16H17F3N2O3S. The van der Waals surface area contributed by atoms with Crippen LogP contribution in [0.3, 0.4) is 0 Å². The van der Waals surface area contributed by atoms with Gasteiger partial charge in [-0.25, -0.2) is 0 Å². The van der Waals surface area contributed by atoms with Crippen LogP contribution in [-0.2, 0) is 6.18 Å². The van der Waals surface area contributed by atoms with Crippen LogP contribution in [0.1, 0.15) is 34.3 Å². The molecule has 0 radical (unpaired) electrons. The van der Waals surface area contributed by atoms with Gasteiger partial charge in [-0.1, -0.05) is 12.1 Å². The lowest BCUT2D eigenvalue weighted by molar-refractivity contribution is -0.156. The normalized spacial score (nSPS) is 21.6. The van der Waals surface area contributed by atoms with Crippen LogP contribution >= 0.6 is 11.3 Å². The zero-order valence-corrected chi connectivity index (χ0v) is 14.4. The maximum absolute atomic E-state index is 12.8. The standard InChI is InChI=1S/C16H17F3N2O3S/c1-8-7-21(6-5-10(8)22)15(23)12-4-3-11(25-12)13-9(2)14(24-20-13)16(17,18)19/h3-4,8,10,22H,5-7H2,1-2H3/t8-,10-/m0/s1. The lowest BCUT2D eigenvalue weighted by Crippen LogP contribution is -2.44. The van der Waals surface area contributed by atoms with E-state index < -0.39 is 18.0 Å². The van der Waals surface area contributed by atoms with E-state index in [9.17, 15) is 23.1 Å². The quantitative estimate of drug-likeness (QED) is 0.873. The van der Waals surface area contributed by atoms with Crippen LogP contribution in [0.5, 0.6) is 0 Å². The summed E-state index contributed by atoms with van der Waals surface area (Å²) in [5.74, 6) is -1.32. The van der Waals surface area contributed by atoms with E-state index in [-0.39, 0.29) is 23.1 Å². The molecule has 0 unspecified atom stereocenters. The predicted molar refractivity (Wildman–Crippen MR) is 85.2 cm³/mol. The number of hydrogen-bond donors (Lipinski definition) is 1. The number of aliphatic hydroxyl groups excluding tert-OH is 1. The van der Waals surface area contributed by atoms with Crippen molar-refractivity contribution in [2.75, 3.05) is 13.1 Å². The van der Waals surface area contributed by atoms with E-state index >= 15 is 0 Å². The third-order valence-corrected chi connectivity index (χ3v) is 5.46. The number of thiophene rings is 1. The van der Waals surface area contributed by atoms with Gasteiger partial charge < -0.3 is 14.5 Å². The summed E-state index contributed by atoms with van der Waals surface area (Å²) in [6.45, 7) is 4.08. The molecule has 5 nitrogen and oxygen atoms in total. The van der Waals surface area contributed by atoms with Gasteiger partial charge in [0.05, 0.1) is 15.9 Å². The van der Waals surface area contributed by atoms with Crippen LogP contribution in [0.25, 0.3) is 10.6 Å². The first-order valence-electron chi connectivity index (χ1n) is 7.79. The van der Waals surface area contributed by atoms with Crippen molar-refractivity contribution in [1.29, 1.82) is 0 Å². The minimum absolute atomic E-state index is 0.00994. The number of aliphatic hydroxyl groups is 1. The van der Waals surface area contributed by atoms with Gasteiger partial charge in [-0.3, -0.25) is 4.79 Å². The molecule has 0 spiro atoms. The van der Waals surface area contributed by atoms with E-state index in [0.717, 1.165) is 11.3 Å². The second-order valence-corrected chi connectivity index (χ2v) is 7.32. The third kappa shape index (κ3) is 3.43. The number of carbonyl (C=O) groups is 1. The largest absolute Gasteiger partial charge is 0.452 e. The fourth-order valence-corrected chi connectivity index (χ4v) is 3.90. The van der Waals surface area contributed by atoms with Crippen LogP contribution in [0.15, 0.2) is 16.7 Å². The molecular weight excluding hydrogens is 357 g/mol. The molecule has 3 heterocycles. The number of hydrogen-bond acceptors (Lipinski definition) is 5. The van der Waals surface area contributed by atoms with Gasteiger partial charge in [-0.05, 0) is 31.4 Å². The zero-order chi connectivity index (χ0) is 18.4. The second-order valence-electron chi connectivity index (χ2n) is 6.23. The molecule has 2 atom stereocenters. The van der Waals surface area contributed by atoms with Crippen LogP contribution < -0.4 is 0 Å². The highest BCUT2D eigenvalue weighted by Crippen LogP contribution is 2.38. The number of halogens is 3. The molecule has 9 heteroatoms. The number of likely N-dealkylation sites (tertiary alicyclic amines) is 1. The van der Waals surface area contributed by atoms with Gasteiger partial charge >= 0.3 is 6.18 Å². The summed E-state index contributed by atoms with van der Waals surface area (Å²) in [6, 6.07) is 3.16. The number of piperidine rings is 1. The fraction of sp³-hybridized carbons (Fsp3) is 0.500. The molecule has 0 aromatic carbocycles. The summed E-state index contributed by atoms with van der Waals surface area (Å²) in [4.78, 5) is 15.1. The van der Waals surface area contributed by atoms with E-state index in [1.165, 1.54) is 6.92 Å². The topological polar surface area (TPSA) is 66.6 Å². The maximum Gasteiger partial charge on any atom is 0.452 e. The van der Waals surface area contributed by atoms with E-state index in [1.807, 2.05) is 6.92 Å². The third-order valence-electron chi connectivity index (χ3n) is 4.38. The van der Waals surface area contributed by atoms with Gasteiger partial charge in [0.25, 0.3) is 5.91 Å². The molecule has 2 aromatic heterocycles. The molecule has 3 rings (SSSR count). The summed E-state index contributed by atoms with van der Waals surface area (Å²) in [6.07, 6.45) is -4.50. The summed E-state index contributed by atoms with van der Waals surface area (Å²) >= 11 is 1.08. The van der Waals surface area contributed by atoms with Gasteiger partial charge in [0.2, 0.25) is 5.76 Å². The molecule has 1 fully saturated rings. The Kier molecular flexibility index (Phi) is 4.63. The highest BCUT2D eigenvalue weighted by Gasteiger charge is 2.39. The number of alkyl halides is 3. The predicted octanol–water partition coefficient (Wildman–Crippen LogP) is 3.57. The molecule has 2 aromatic rings. The molecule has 0 saturated carbocycles. The molecule has 0 bridgehead atoms. The van der Waals surface area contributed by atoms with E-state index in [0.29, 0.717) is 29.3 Å². The Morgan fingerprint density at radius 2 is 2.16 bits per heavy atom. The first-order chi connectivity index (χ1) is 11.7. The highest BCUT2D eigenvalue weighted by atomic mass is 32.1. The number of rotatable bonds is 2. The lowest BCUT2D eigenvalue weighted by Gasteiger charge is -2.34. The van der Waals surface area contributed by atoms with Crippen molar-refractivity contribution < 1.29 is 27.6 Å². The van der Waals surface area contributed by atoms with Gasteiger partial charge in [-0.2, -0.15) is 13.2 Å². The molecule has 1 aliphatic heterocycles. The molecule has 0 aliphatic carbocycles. The van der Waals surface area contributed by atoms with E-state index in [1.54, 1.807) is 17.0 Å². The monoisotopic (exact) mass is 374 g/mol. The molecule has 25 heavy (non-hydrogen) atoms. The second kappa shape index (κ2) is 6.45. The van der Waals surface area contributed by atoms with Crippen LogP contribution in [0, 0.1) is 12.8 Å². The van der Waals surface area contributed by atoms with Crippen LogP contribution in [-0.4, -0.2) is 40.3 Å². The number of amides is 1. The van der Waals surface area contributed by atoms with E-state index in [4.69, 9.17) is 0 Å². The first kappa shape index (κ1) is 17.9. The summed E-state index contributed by atoms with van der Waals surface area (Å²) in [5.41, 5.74) is 0.00174. The van der Waals surface area contributed by atoms with Crippen molar-refractivity contribution in [2.24, 2.45) is 5.92 Å². The Bertz CT molecular complexity index is 784. The van der Waals surface area contributed by atoms with Gasteiger partial charge in [-0.15, -0.1) is 11.3 Å². The lowest BCUT2D eigenvalue weighted by atomic mass is 9.97. The van der Waals surface area contributed by atoms with Gasteiger partial charge in [0.15, 0.2) is 0 Å². The summed E-state index contributed by atoms with van der Waals surface area (Å²) in [5, 5.41) is 13.3. The smallest absolute Gasteiger partial charge is 0.393 e. The Hall–Kier alpha value is -1.87. The average molecular weight is 374 g/mol. The maximum atomic E-state index is 12.8. The van der Waals surface area contributed by atoms with Crippen molar-refractivity contribution >= 4 is 17.2 Å². The van der Waals surface area contributed by atoms with E-state index in [2.05, 4.69) is 9.68 Å². The average Bonchev–Trinajstić information content (AvgIpc) is 3.15. The Labute approximate surface area is 146 Å². The van der Waals surface area contributed by atoms with Crippen LogP contribution in [0.4, 0.5) is 13.2 Å².